The molecule has 0 saturated heterocycles. The molecule has 0 saturated carbocycles. The van der Waals surface area contributed by atoms with Gasteiger partial charge in [0.25, 0.3) is 5.89 Å². The van der Waals surface area contributed by atoms with Crippen molar-refractivity contribution in [1.29, 1.82) is 0 Å². The number of rotatable bonds is 3. The van der Waals surface area contributed by atoms with Gasteiger partial charge in [-0.15, -0.1) is 0 Å². The Morgan fingerprint density at radius 2 is 2.29 bits per heavy atom. The van der Waals surface area contributed by atoms with Crippen LogP contribution in [-0.4, -0.2) is 4.98 Å². The summed E-state index contributed by atoms with van der Waals surface area (Å²) < 4.78 is 10.7. The largest absolute Gasteiger partial charge is 0.456 e. The van der Waals surface area contributed by atoms with E-state index in [9.17, 15) is 0 Å². The van der Waals surface area contributed by atoms with E-state index in [-0.39, 0.29) is 0 Å². The molecule has 74 valence electrons. The highest BCUT2D eigenvalue weighted by molar-refractivity contribution is 5.44. The molecule has 0 atom stereocenters. The van der Waals surface area contributed by atoms with Crippen LogP contribution < -0.4 is 5.73 Å². The maximum absolute atomic E-state index is 5.48. The Balaban J connectivity index is 2.29. The minimum Gasteiger partial charge on any atom is -0.456 e. The van der Waals surface area contributed by atoms with Crippen LogP contribution in [0.5, 0.6) is 0 Å². The van der Waals surface area contributed by atoms with Gasteiger partial charge in [0.2, 0.25) is 0 Å². The summed E-state index contributed by atoms with van der Waals surface area (Å²) in [5.41, 5.74) is 6.15. The summed E-state index contributed by atoms with van der Waals surface area (Å²) in [5.74, 6) is 2.07. The van der Waals surface area contributed by atoms with E-state index in [1.807, 2.05) is 19.1 Å². The van der Waals surface area contributed by atoms with Crippen LogP contribution in [0.1, 0.15) is 18.4 Å². The second kappa shape index (κ2) is 3.67. The lowest BCUT2D eigenvalue weighted by molar-refractivity contribution is 0.491. The normalized spacial score (nSPS) is 10.7. The molecule has 0 bridgehead atoms. The molecule has 2 N–H and O–H groups in total. The second-order valence-electron chi connectivity index (χ2n) is 2.97. The van der Waals surface area contributed by atoms with E-state index in [0.29, 0.717) is 18.2 Å². The van der Waals surface area contributed by atoms with Crippen LogP contribution >= 0.6 is 0 Å². The van der Waals surface area contributed by atoms with Crippen molar-refractivity contribution >= 4 is 0 Å². The molecule has 0 aliphatic heterocycles. The van der Waals surface area contributed by atoms with E-state index >= 15 is 0 Å². The molecule has 0 aliphatic carbocycles. The standard InChI is InChI=1S/C10H12N2O2/c1-2-8-3-4-9(14-8)10-12-7(5-11)6-13-10/h3-4,6H,2,5,11H2,1H3. The highest BCUT2D eigenvalue weighted by Crippen LogP contribution is 2.21. The van der Waals surface area contributed by atoms with Crippen LogP contribution in [-0.2, 0) is 13.0 Å². The summed E-state index contributed by atoms with van der Waals surface area (Å²) in [7, 11) is 0. The van der Waals surface area contributed by atoms with Crippen LogP contribution in [0.25, 0.3) is 11.7 Å². The lowest BCUT2D eigenvalue weighted by Crippen LogP contribution is -1.95. The van der Waals surface area contributed by atoms with Crippen molar-refractivity contribution in [1.82, 2.24) is 4.98 Å². The third kappa shape index (κ3) is 1.56. The molecule has 0 spiro atoms. The first kappa shape index (κ1) is 9.02. The van der Waals surface area contributed by atoms with E-state index in [1.165, 1.54) is 0 Å². The van der Waals surface area contributed by atoms with Gasteiger partial charge in [-0.05, 0) is 12.1 Å². The van der Waals surface area contributed by atoms with Gasteiger partial charge in [-0.3, -0.25) is 0 Å². The van der Waals surface area contributed by atoms with Crippen molar-refractivity contribution < 1.29 is 8.83 Å². The SMILES string of the molecule is CCc1ccc(-c2nc(CN)co2)o1. The van der Waals surface area contributed by atoms with Gasteiger partial charge in [0.05, 0.1) is 5.69 Å². The van der Waals surface area contributed by atoms with Gasteiger partial charge < -0.3 is 14.6 Å². The van der Waals surface area contributed by atoms with E-state index < -0.39 is 0 Å². The second-order valence-corrected chi connectivity index (χ2v) is 2.97. The quantitative estimate of drug-likeness (QED) is 0.807. The molecular weight excluding hydrogens is 180 g/mol. The van der Waals surface area contributed by atoms with Gasteiger partial charge in [0.15, 0.2) is 5.76 Å². The topological polar surface area (TPSA) is 65.2 Å². The molecule has 2 heterocycles. The number of hydrogen-bond donors (Lipinski definition) is 1. The van der Waals surface area contributed by atoms with Crippen molar-refractivity contribution in [3.8, 4) is 11.7 Å². The van der Waals surface area contributed by atoms with E-state index in [0.717, 1.165) is 17.9 Å². The first-order valence-corrected chi connectivity index (χ1v) is 4.57. The molecule has 2 rings (SSSR count). The van der Waals surface area contributed by atoms with Crippen LogP contribution in [0.4, 0.5) is 0 Å². The number of aryl methyl sites for hydroxylation is 1. The Morgan fingerprint density at radius 1 is 1.43 bits per heavy atom. The van der Waals surface area contributed by atoms with Crippen LogP contribution in [0.3, 0.4) is 0 Å². The summed E-state index contributed by atoms with van der Waals surface area (Å²) in [6, 6.07) is 3.77. The predicted molar refractivity (Wildman–Crippen MR) is 51.5 cm³/mol. The van der Waals surface area contributed by atoms with Crippen molar-refractivity contribution in [3.05, 3.63) is 29.9 Å². The highest BCUT2D eigenvalue weighted by atomic mass is 16.4. The number of nitrogens with two attached hydrogens (primary N) is 1. The van der Waals surface area contributed by atoms with Crippen molar-refractivity contribution in [3.63, 3.8) is 0 Å². The Morgan fingerprint density at radius 3 is 2.86 bits per heavy atom. The number of hydrogen-bond acceptors (Lipinski definition) is 4. The summed E-state index contributed by atoms with van der Waals surface area (Å²) in [6.45, 7) is 2.41. The molecule has 4 heteroatoms. The Kier molecular flexibility index (Phi) is 2.37. The Bertz CT molecular complexity index is 377. The fourth-order valence-corrected chi connectivity index (χ4v) is 1.20. The van der Waals surface area contributed by atoms with Crippen molar-refractivity contribution in [2.24, 2.45) is 5.73 Å². The van der Waals surface area contributed by atoms with Crippen molar-refractivity contribution in [2.45, 2.75) is 19.9 Å². The summed E-state index contributed by atoms with van der Waals surface area (Å²) in [4.78, 5) is 4.16. The number of oxazole rings is 1. The molecule has 0 aliphatic rings. The zero-order valence-electron chi connectivity index (χ0n) is 7.99. The molecule has 0 amide bonds. The number of nitrogens with zero attached hydrogens (tertiary/aromatic N) is 1. The third-order valence-corrected chi connectivity index (χ3v) is 1.98. The molecule has 0 radical (unpaired) electrons. The minimum atomic E-state index is 0.380. The monoisotopic (exact) mass is 192 g/mol. The average molecular weight is 192 g/mol. The van der Waals surface area contributed by atoms with Gasteiger partial charge in [-0.25, -0.2) is 4.98 Å². The molecule has 2 aromatic heterocycles. The molecule has 4 nitrogen and oxygen atoms in total. The maximum Gasteiger partial charge on any atom is 0.263 e. The fraction of sp³-hybridized carbons (Fsp3) is 0.300. The maximum atomic E-state index is 5.48. The smallest absolute Gasteiger partial charge is 0.263 e. The van der Waals surface area contributed by atoms with Gasteiger partial charge in [0, 0.05) is 13.0 Å². The van der Waals surface area contributed by atoms with Crippen LogP contribution in [0.2, 0.25) is 0 Å². The lowest BCUT2D eigenvalue weighted by atomic mass is 10.3. The van der Waals surface area contributed by atoms with E-state index in [1.54, 1.807) is 6.26 Å². The van der Waals surface area contributed by atoms with Gasteiger partial charge in [-0.2, -0.15) is 0 Å². The summed E-state index contributed by atoms with van der Waals surface area (Å²) in [6.07, 6.45) is 2.41. The first-order valence-electron chi connectivity index (χ1n) is 4.57. The number of furan rings is 1. The minimum absolute atomic E-state index is 0.380. The van der Waals surface area contributed by atoms with Crippen LogP contribution in [0, 0.1) is 0 Å². The average Bonchev–Trinajstić information content (AvgIpc) is 2.86. The molecule has 0 fully saturated rings. The highest BCUT2D eigenvalue weighted by Gasteiger charge is 2.09. The third-order valence-electron chi connectivity index (χ3n) is 1.98. The fourth-order valence-electron chi connectivity index (χ4n) is 1.20. The van der Waals surface area contributed by atoms with Crippen LogP contribution in [0.15, 0.2) is 27.2 Å². The Hall–Kier alpha value is -1.55. The predicted octanol–water partition coefficient (Wildman–Crippen LogP) is 1.96. The molecule has 14 heavy (non-hydrogen) atoms. The molecular formula is C10H12N2O2. The Labute approximate surface area is 81.7 Å². The lowest BCUT2D eigenvalue weighted by Gasteiger charge is -1.88. The zero-order valence-corrected chi connectivity index (χ0v) is 7.99. The zero-order chi connectivity index (χ0) is 9.97. The summed E-state index contributed by atoms with van der Waals surface area (Å²) >= 11 is 0. The van der Waals surface area contributed by atoms with E-state index in [4.69, 9.17) is 14.6 Å². The van der Waals surface area contributed by atoms with Crippen molar-refractivity contribution in [2.75, 3.05) is 0 Å². The van der Waals surface area contributed by atoms with E-state index in [2.05, 4.69) is 4.98 Å². The molecule has 2 aromatic rings. The molecule has 0 aromatic carbocycles. The van der Waals surface area contributed by atoms with Gasteiger partial charge >= 0.3 is 0 Å². The number of aromatic nitrogens is 1. The van der Waals surface area contributed by atoms with Gasteiger partial charge in [0.1, 0.15) is 12.0 Å². The summed E-state index contributed by atoms with van der Waals surface area (Å²) in [5, 5.41) is 0. The first-order chi connectivity index (χ1) is 6.83. The molecule has 0 unspecified atom stereocenters. The van der Waals surface area contributed by atoms with Gasteiger partial charge in [-0.1, -0.05) is 6.92 Å².